The van der Waals surface area contributed by atoms with E-state index in [-0.39, 0.29) is 17.9 Å². The Kier molecular flexibility index (Phi) is 4.31. The molecule has 0 spiro atoms. The fourth-order valence-electron chi connectivity index (χ4n) is 3.33. The molecule has 116 valence electrons. The summed E-state index contributed by atoms with van der Waals surface area (Å²) in [5, 5.41) is 3.40. The third-order valence-electron chi connectivity index (χ3n) is 4.47. The van der Waals surface area contributed by atoms with Crippen LogP contribution in [0.2, 0.25) is 0 Å². The highest BCUT2D eigenvalue weighted by atomic mass is 16.5. The van der Waals surface area contributed by atoms with Gasteiger partial charge in [0.05, 0.1) is 13.2 Å². The zero-order valence-corrected chi connectivity index (χ0v) is 12.8. The number of morpholine rings is 1. The van der Waals surface area contributed by atoms with Gasteiger partial charge in [0.2, 0.25) is 5.91 Å². The van der Waals surface area contributed by atoms with Crippen LogP contribution in [0.15, 0.2) is 16.5 Å². The van der Waals surface area contributed by atoms with Gasteiger partial charge >= 0.3 is 0 Å². The fourth-order valence-corrected chi connectivity index (χ4v) is 3.33. The number of piperidine rings is 1. The number of rotatable bonds is 2. The van der Waals surface area contributed by atoms with E-state index in [1.54, 1.807) is 0 Å². The maximum Gasteiger partial charge on any atom is 0.226 e. The quantitative estimate of drug-likeness (QED) is 0.904. The summed E-state index contributed by atoms with van der Waals surface area (Å²) in [5.41, 5.74) is 0. The van der Waals surface area contributed by atoms with Crippen molar-refractivity contribution in [3.63, 3.8) is 0 Å². The number of hydrogen-bond acceptors (Lipinski definition) is 4. The molecule has 2 aliphatic heterocycles. The van der Waals surface area contributed by atoms with Crippen molar-refractivity contribution < 1.29 is 13.9 Å². The van der Waals surface area contributed by atoms with Gasteiger partial charge in [-0.2, -0.15) is 0 Å². The first-order valence-electron chi connectivity index (χ1n) is 7.83. The lowest BCUT2D eigenvalue weighted by molar-refractivity contribution is -0.146. The maximum absolute atomic E-state index is 12.9. The highest BCUT2D eigenvalue weighted by Gasteiger charge is 2.35. The second-order valence-corrected chi connectivity index (χ2v) is 6.15. The second-order valence-electron chi connectivity index (χ2n) is 6.15. The SMILES string of the molecule is Cc1ccc(C2COCCN2C(=O)[C@H]2CCN[C@@H](C)C2)o1. The minimum Gasteiger partial charge on any atom is -0.464 e. The second kappa shape index (κ2) is 6.20. The number of carbonyl (C=O) groups is 1. The number of hydrogen-bond donors (Lipinski definition) is 1. The van der Waals surface area contributed by atoms with Crippen molar-refractivity contribution in [3.05, 3.63) is 23.7 Å². The standard InChI is InChI=1S/C16H24N2O3/c1-11-9-13(5-6-17-11)16(19)18-7-8-20-10-14(18)15-4-3-12(2)21-15/h3-4,11,13-14,17H,5-10H2,1-2H3/t11-,13-,14?/m0/s1. The molecule has 3 atom stereocenters. The Bertz CT molecular complexity index is 499. The van der Waals surface area contributed by atoms with Gasteiger partial charge in [0.15, 0.2) is 0 Å². The minimum absolute atomic E-state index is 0.0786. The molecule has 0 radical (unpaired) electrons. The summed E-state index contributed by atoms with van der Waals surface area (Å²) in [6, 6.07) is 4.24. The van der Waals surface area contributed by atoms with E-state index in [2.05, 4.69) is 12.2 Å². The van der Waals surface area contributed by atoms with Gasteiger partial charge in [-0.15, -0.1) is 0 Å². The molecule has 1 amide bonds. The molecule has 0 aliphatic carbocycles. The van der Waals surface area contributed by atoms with E-state index in [0.29, 0.717) is 25.8 Å². The van der Waals surface area contributed by atoms with Crippen LogP contribution in [0.1, 0.15) is 37.3 Å². The summed E-state index contributed by atoms with van der Waals surface area (Å²) in [5.74, 6) is 2.09. The van der Waals surface area contributed by atoms with Gasteiger partial charge in [0, 0.05) is 18.5 Å². The van der Waals surface area contributed by atoms with Crippen molar-refractivity contribution in [1.82, 2.24) is 10.2 Å². The molecule has 5 nitrogen and oxygen atoms in total. The summed E-state index contributed by atoms with van der Waals surface area (Å²) in [7, 11) is 0. The zero-order valence-electron chi connectivity index (χ0n) is 12.8. The number of nitrogens with zero attached hydrogens (tertiary/aromatic N) is 1. The summed E-state index contributed by atoms with van der Waals surface area (Å²) < 4.78 is 11.3. The maximum atomic E-state index is 12.9. The van der Waals surface area contributed by atoms with Crippen LogP contribution >= 0.6 is 0 Å². The highest BCUT2D eigenvalue weighted by molar-refractivity contribution is 5.79. The van der Waals surface area contributed by atoms with E-state index in [1.165, 1.54) is 0 Å². The van der Waals surface area contributed by atoms with Crippen LogP contribution in [0, 0.1) is 12.8 Å². The van der Waals surface area contributed by atoms with Crippen LogP contribution in [0.25, 0.3) is 0 Å². The van der Waals surface area contributed by atoms with Crippen molar-refractivity contribution in [2.24, 2.45) is 5.92 Å². The topological polar surface area (TPSA) is 54.7 Å². The monoisotopic (exact) mass is 292 g/mol. The summed E-state index contributed by atoms with van der Waals surface area (Å²) in [6.45, 7) is 6.79. The van der Waals surface area contributed by atoms with Crippen LogP contribution in [0.4, 0.5) is 0 Å². The summed E-state index contributed by atoms with van der Waals surface area (Å²) in [4.78, 5) is 14.9. The Morgan fingerprint density at radius 1 is 1.43 bits per heavy atom. The van der Waals surface area contributed by atoms with Crippen LogP contribution in [-0.4, -0.2) is 43.2 Å². The number of nitrogens with one attached hydrogen (secondary N) is 1. The number of ether oxygens (including phenoxy) is 1. The van der Waals surface area contributed by atoms with Gasteiger partial charge in [-0.3, -0.25) is 4.79 Å². The third kappa shape index (κ3) is 3.14. The average Bonchev–Trinajstić information content (AvgIpc) is 2.93. The molecule has 1 unspecified atom stereocenters. The molecule has 21 heavy (non-hydrogen) atoms. The first-order chi connectivity index (χ1) is 10.1. The van der Waals surface area contributed by atoms with Gasteiger partial charge in [-0.1, -0.05) is 0 Å². The Hall–Kier alpha value is -1.33. The first kappa shape index (κ1) is 14.6. The smallest absolute Gasteiger partial charge is 0.226 e. The zero-order chi connectivity index (χ0) is 14.8. The first-order valence-corrected chi connectivity index (χ1v) is 7.83. The number of furan rings is 1. The normalized spacial score (nSPS) is 30.4. The predicted octanol–water partition coefficient (Wildman–Crippen LogP) is 1.88. The molecule has 0 bridgehead atoms. The number of amides is 1. The molecule has 3 heterocycles. The lowest BCUT2D eigenvalue weighted by Gasteiger charge is -2.38. The van der Waals surface area contributed by atoms with Crippen LogP contribution in [-0.2, 0) is 9.53 Å². The van der Waals surface area contributed by atoms with Gasteiger partial charge in [0.1, 0.15) is 17.6 Å². The van der Waals surface area contributed by atoms with Gasteiger partial charge in [0.25, 0.3) is 0 Å². The number of carbonyl (C=O) groups excluding carboxylic acids is 1. The van der Waals surface area contributed by atoms with Crippen LogP contribution in [0.5, 0.6) is 0 Å². The molecule has 1 N–H and O–H groups in total. The van der Waals surface area contributed by atoms with Gasteiger partial charge in [-0.05, 0) is 45.4 Å². The van der Waals surface area contributed by atoms with Crippen molar-refractivity contribution in [1.29, 1.82) is 0 Å². The predicted molar refractivity (Wildman–Crippen MR) is 78.9 cm³/mol. The van der Waals surface area contributed by atoms with Crippen molar-refractivity contribution in [2.75, 3.05) is 26.3 Å². The summed E-state index contributed by atoms with van der Waals surface area (Å²) in [6.07, 6.45) is 1.84. The summed E-state index contributed by atoms with van der Waals surface area (Å²) >= 11 is 0. The largest absolute Gasteiger partial charge is 0.464 e. The van der Waals surface area contributed by atoms with Crippen molar-refractivity contribution in [2.45, 2.75) is 38.8 Å². The molecule has 2 fully saturated rings. The molecule has 2 aliphatic rings. The molecule has 5 heteroatoms. The minimum atomic E-state index is -0.0786. The highest BCUT2D eigenvalue weighted by Crippen LogP contribution is 2.29. The lowest BCUT2D eigenvalue weighted by Crippen LogP contribution is -2.49. The molecule has 0 aromatic carbocycles. The Morgan fingerprint density at radius 2 is 2.29 bits per heavy atom. The molecule has 3 rings (SSSR count). The van der Waals surface area contributed by atoms with Crippen molar-refractivity contribution >= 4 is 5.91 Å². The van der Waals surface area contributed by atoms with Crippen LogP contribution < -0.4 is 5.32 Å². The molecular weight excluding hydrogens is 268 g/mol. The third-order valence-corrected chi connectivity index (χ3v) is 4.47. The molecule has 0 saturated carbocycles. The van der Waals surface area contributed by atoms with E-state index in [9.17, 15) is 4.79 Å². The fraction of sp³-hybridized carbons (Fsp3) is 0.688. The Morgan fingerprint density at radius 3 is 3.00 bits per heavy atom. The van der Waals surface area contributed by atoms with E-state index in [4.69, 9.17) is 9.15 Å². The number of aryl methyl sites for hydroxylation is 1. The van der Waals surface area contributed by atoms with E-state index in [0.717, 1.165) is 30.9 Å². The van der Waals surface area contributed by atoms with Gasteiger partial charge < -0.3 is 19.4 Å². The van der Waals surface area contributed by atoms with E-state index < -0.39 is 0 Å². The molecule has 2 saturated heterocycles. The average molecular weight is 292 g/mol. The van der Waals surface area contributed by atoms with E-state index in [1.807, 2.05) is 24.0 Å². The Balaban J connectivity index is 1.75. The van der Waals surface area contributed by atoms with E-state index >= 15 is 0 Å². The molecular formula is C16H24N2O3. The molecule has 1 aromatic rings. The Labute approximate surface area is 125 Å². The lowest BCUT2D eigenvalue weighted by atomic mass is 9.91. The van der Waals surface area contributed by atoms with Gasteiger partial charge in [-0.25, -0.2) is 0 Å². The van der Waals surface area contributed by atoms with Crippen molar-refractivity contribution in [3.8, 4) is 0 Å². The van der Waals surface area contributed by atoms with Crippen LogP contribution in [0.3, 0.4) is 0 Å². The molecule has 1 aromatic heterocycles.